The van der Waals surface area contributed by atoms with Crippen LogP contribution in [0.15, 0.2) is 23.2 Å². The van der Waals surface area contributed by atoms with Gasteiger partial charge in [0.1, 0.15) is 17.2 Å². The van der Waals surface area contributed by atoms with E-state index in [-0.39, 0.29) is 11.4 Å². The van der Waals surface area contributed by atoms with E-state index >= 15 is 0 Å². The van der Waals surface area contributed by atoms with Gasteiger partial charge in [0.2, 0.25) is 6.08 Å². The molecule has 4 nitrogen and oxygen atoms in total. The molecule has 0 atom stereocenters. The van der Waals surface area contributed by atoms with Gasteiger partial charge in [0.25, 0.3) is 0 Å². The largest absolute Gasteiger partial charge is 0.573 e. The number of benzene rings is 1. The Morgan fingerprint density at radius 1 is 1.38 bits per heavy atom. The van der Waals surface area contributed by atoms with Crippen molar-refractivity contribution in [1.82, 2.24) is 0 Å². The Labute approximate surface area is 88.3 Å². The van der Waals surface area contributed by atoms with Gasteiger partial charge < -0.3 is 9.47 Å². The zero-order chi connectivity index (χ0) is 12.2. The number of halogens is 3. The summed E-state index contributed by atoms with van der Waals surface area (Å²) in [7, 11) is 1.30. The van der Waals surface area contributed by atoms with E-state index in [1.165, 1.54) is 19.3 Å². The van der Waals surface area contributed by atoms with E-state index in [2.05, 4.69) is 9.73 Å². The van der Waals surface area contributed by atoms with Gasteiger partial charge in [0, 0.05) is 6.07 Å². The number of alkyl halides is 3. The summed E-state index contributed by atoms with van der Waals surface area (Å²) >= 11 is 0. The lowest BCUT2D eigenvalue weighted by molar-refractivity contribution is -0.274. The number of ether oxygens (including phenoxy) is 2. The van der Waals surface area contributed by atoms with E-state index in [0.29, 0.717) is 0 Å². The smallest absolute Gasteiger partial charge is 0.494 e. The molecule has 16 heavy (non-hydrogen) atoms. The highest BCUT2D eigenvalue weighted by Crippen LogP contribution is 2.33. The van der Waals surface area contributed by atoms with Gasteiger partial charge in [-0.3, -0.25) is 0 Å². The van der Waals surface area contributed by atoms with E-state index in [9.17, 15) is 18.0 Å². The second-order valence-corrected chi connectivity index (χ2v) is 2.58. The van der Waals surface area contributed by atoms with Crippen LogP contribution in [-0.4, -0.2) is 19.6 Å². The van der Waals surface area contributed by atoms with E-state index in [1.54, 1.807) is 0 Å². The first-order valence-corrected chi connectivity index (χ1v) is 3.98. The van der Waals surface area contributed by atoms with Crippen molar-refractivity contribution in [2.24, 2.45) is 4.99 Å². The van der Waals surface area contributed by atoms with Crippen LogP contribution < -0.4 is 9.47 Å². The molecule has 1 aromatic carbocycles. The topological polar surface area (TPSA) is 47.9 Å². The number of nitrogens with zero attached hydrogens (tertiary/aromatic N) is 1. The number of isocyanates is 1. The molecule has 0 heterocycles. The molecule has 0 spiro atoms. The van der Waals surface area contributed by atoms with Crippen LogP contribution in [0.4, 0.5) is 18.9 Å². The molecule has 0 amide bonds. The van der Waals surface area contributed by atoms with Crippen LogP contribution in [0.3, 0.4) is 0 Å². The minimum Gasteiger partial charge on any atom is -0.494 e. The molecule has 0 N–H and O–H groups in total. The summed E-state index contributed by atoms with van der Waals surface area (Å²) in [6, 6.07) is 3.19. The molecule has 0 unspecified atom stereocenters. The molecule has 86 valence electrons. The molecule has 0 saturated carbocycles. The molecule has 0 radical (unpaired) electrons. The van der Waals surface area contributed by atoms with E-state index in [0.717, 1.165) is 12.1 Å². The van der Waals surface area contributed by atoms with Crippen LogP contribution in [0, 0.1) is 0 Å². The lowest BCUT2D eigenvalue weighted by atomic mass is 10.3. The molecular formula is C9H6F3NO3. The first kappa shape index (κ1) is 12.1. The molecule has 1 rings (SSSR count). The zero-order valence-corrected chi connectivity index (χ0v) is 8.04. The lowest BCUT2D eigenvalue weighted by Crippen LogP contribution is -2.16. The monoisotopic (exact) mass is 233 g/mol. The summed E-state index contributed by atoms with van der Waals surface area (Å²) in [5.41, 5.74) is -0.0840. The Balaban J connectivity index is 3.07. The quantitative estimate of drug-likeness (QED) is 0.595. The van der Waals surface area contributed by atoms with Crippen LogP contribution >= 0.6 is 0 Å². The second kappa shape index (κ2) is 4.67. The maximum atomic E-state index is 11.9. The summed E-state index contributed by atoms with van der Waals surface area (Å²) in [4.78, 5) is 13.2. The number of methoxy groups -OCH3 is 1. The summed E-state index contributed by atoms with van der Waals surface area (Å²) in [5.74, 6) is -0.333. The van der Waals surface area contributed by atoms with Crippen molar-refractivity contribution in [3.8, 4) is 11.5 Å². The summed E-state index contributed by atoms with van der Waals surface area (Å²) in [6.07, 6.45) is -3.59. The Kier molecular flexibility index (Phi) is 3.52. The minimum atomic E-state index is -4.79. The molecule has 0 bridgehead atoms. The molecule has 0 aromatic heterocycles. The maximum absolute atomic E-state index is 11.9. The van der Waals surface area contributed by atoms with Crippen LogP contribution in [0.5, 0.6) is 11.5 Å². The standard InChI is InChI=1S/C9H6F3NO3/c1-15-8-3-2-6(16-9(10,11)12)4-7(8)13-5-14/h2-4H,1H3. The van der Waals surface area contributed by atoms with Crippen molar-refractivity contribution in [2.75, 3.05) is 7.11 Å². The number of hydrogen-bond donors (Lipinski definition) is 0. The SMILES string of the molecule is COc1ccc(OC(F)(F)F)cc1N=C=O. The summed E-state index contributed by atoms with van der Waals surface area (Å²) in [6.45, 7) is 0. The third kappa shape index (κ3) is 3.29. The fourth-order valence-electron chi connectivity index (χ4n) is 1.00. The van der Waals surface area contributed by atoms with Gasteiger partial charge in [-0.1, -0.05) is 0 Å². The predicted octanol–water partition coefficient (Wildman–Crippen LogP) is 2.56. The fraction of sp³-hybridized carbons (Fsp3) is 0.222. The minimum absolute atomic E-state index is 0.0840. The average molecular weight is 233 g/mol. The molecular weight excluding hydrogens is 227 g/mol. The van der Waals surface area contributed by atoms with Crippen molar-refractivity contribution in [2.45, 2.75) is 6.36 Å². The molecule has 0 fully saturated rings. The van der Waals surface area contributed by atoms with E-state index < -0.39 is 12.1 Å². The van der Waals surface area contributed by atoms with E-state index in [4.69, 9.17) is 4.74 Å². The van der Waals surface area contributed by atoms with Crippen LogP contribution in [-0.2, 0) is 4.79 Å². The highest BCUT2D eigenvalue weighted by atomic mass is 19.4. The van der Waals surface area contributed by atoms with Gasteiger partial charge in [-0.25, -0.2) is 4.79 Å². The van der Waals surface area contributed by atoms with Gasteiger partial charge >= 0.3 is 6.36 Å². The summed E-state index contributed by atoms with van der Waals surface area (Å²) < 4.78 is 44.1. The maximum Gasteiger partial charge on any atom is 0.573 e. The molecule has 1 aromatic rings. The van der Waals surface area contributed by atoms with Crippen molar-refractivity contribution in [3.63, 3.8) is 0 Å². The highest BCUT2D eigenvalue weighted by Gasteiger charge is 2.31. The van der Waals surface area contributed by atoms with Crippen molar-refractivity contribution in [1.29, 1.82) is 0 Å². The molecule has 0 aliphatic carbocycles. The van der Waals surface area contributed by atoms with Crippen LogP contribution in [0.2, 0.25) is 0 Å². The first-order chi connectivity index (χ1) is 7.46. The zero-order valence-electron chi connectivity index (χ0n) is 8.04. The van der Waals surface area contributed by atoms with Gasteiger partial charge in [-0.15, -0.1) is 13.2 Å². The van der Waals surface area contributed by atoms with Gasteiger partial charge in [-0.2, -0.15) is 4.99 Å². The Morgan fingerprint density at radius 3 is 2.56 bits per heavy atom. The average Bonchev–Trinajstić information content (AvgIpc) is 2.16. The van der Waals surface area contributed by atoms with Crippen LogP contribution in [0.1, 0.15) is 0 Å². The van der Waals surface area contributed by atoms with Crippen LogP contribution in [0.25, 0.3) is 0 Å². The normalized spacial score (nSPS) is 10.5. The third-order valence-electron chi connectivity index (χ3n) is 1.55. The van der Waals surface area contributed by atoms with Crippen molar-refractivity contribution < 1.29 is 27.4 Å². The predicted molar refractivity (Wildman–Crippen MR) is 47.5 cm³/mol. The third-order valence-corrected chi connectivity index (χ3v) is 1.55. The van der Waals surface area contributed by atoms with Gasteiger partial charge in [0.15, 0.2) is 0 Å². The first-order valence-electron chi connectivity index (χ1n) is 3.98. The summed E-state index contributed by atoms with van der Waals surface area (Å²) in [5, 5.41) is 0. The van der Waals surface area contributed by atoms with Crippen molar-refractivity contribution >= 4 is 11.8 Å². The number of carbonyl (C=O) groups excluding carboxylic acids is 1. The van der Waals surface area contributed by atoms with E-state index in [1.807, 2.05) is 0 Å². The van der Waals surface area contributed by atoms with Gasteiger partial charge in [0.05, 0.1) is 7.11 Å². The molecule has 0 saturated heterocycles. The van der Waals surface area contributed by atoms with Crippen molar-refractivity contribution in [3.05, 3.63) is 18.2 Å². The number of rotatable bonds is 3. The lowest BCUT2D eigenvalue weighted by Gasteiger charge is -2.10. The number of aliphatic imine (C=N–C) groups is 1. The Bertz CT molecular complexity index is 424. The molecule has 7 heteroatoms. The fourth-order valence-corrected chi connectivity index (χ4v) is 1.00. The molecule has 0 aliphatic rings. The second-order valence-electron chi connectivity index (χ2n) is 2.58. The Morgan fingerprint density at radius 2 is 2.06 bits per heavy atom. The Hall–Kier alpha value is -2.01. The van der Waals surface area contributed by atoms with Gasteiger partial charge in [-0.05, 0) is 12.1 Å². The molecule has 0 aliphatic heterocycles. The highest BCUT2D eigenvalue weighted by molar-refractivity contribution is 5.60. The number of hydrogen-bond acceptors (Lipinski definition) is 4.